The summed E-state index contributed by atoms with van der Waals surface area (Å²) in [5.41, 5.74) is 0. The fourth-order valence-corrected chi connectivity index (χ4v) is 1.00. The Morgan fingerprint density at radius 1 is 1.82 bits per heavy atom. The number of halogens is 1. The molecule has 11 heavy (non-hydrogen) atoms. The monoisotopic (exact) mass is 231 g/mol. The molecule has 0 fully saturated rings. The highest BCUT2D eigenvalue weighted by molar-refractivity contribution is 9.12. The molecule has 4 nitrogen and oxygen atoms in total. The summed E-state index contributed by atoms with van der Waals surface area (Å²) < 4.78 is 3.55. The van der Waals surface area contributed by atoms with Crippen molar-refractivity contribution in [3.05, 3.63) is 6.20 Å². The molecule has 0 saturated carbocycles. The molecule has 6 heteroatoms. The third kappa shape index (κ3) is 2.65. The number of anilines is 1. The molecule has 56 valence electrons. The summed E-state index contributed by atoms with van der Waals surface area (Å²) >= 11 is 3.91. The Hall–Kier alpha value is -0.930. The smallest absolute Gasteiger partial charge is 0.301 e. The maximum Gasteiger partial charge on any atom is 0.301 e. The average Bonchev–Trinajstić information content (AvgIpc) is 2.40. The SMILES string of the molecule is O=C(C#CBr)Nc1cnns1. The highest BCUT2D eigenvalue weighted by Gasteiger charge is 1.98. The van der Waals surface area contributed by atoms with Crippen molar-refractivity contribution in [2.45, 2.75) is 0 Å². The Bertz CT molecular complexity index is 299. The van der Waals surface area contributed by atoms with Gasteiger partial charge in [-0.2, -0.15) is 0 Å². The highest BCUT2D eigenvalue weighted by atomic mass is 79.9. The Morgan fingerprint density at radius 2 is 2.64 bits per heavy atom. The molecule has 1 amide bonds. The first-order valence-corrected chi connectivity index (χ1v) is 4.09. The molecule has 0 aliphatic rings. The zero-order chi connectivity index (χ0) is 8.10. The summed E-state index contributed by atoms with van der Waals surface area (Å²) in [4.78, 5) is 13.0. The quantitative estimate of drug-likeness (QED) is 0.729. The van der Waals surface area contributed by atoms with Crippen molar-refractivity contribution in [3.8, 4) is 10.8 Å². The Balaban J connectivity index is 2.55. The van der Waals surface area contributed by atoms with Crippen LogP contribution in [0.1, 0.15) is 0 Å². The van der Waals surface area contributed by atoms with E-state index in [0.717, 1.165) is 11.5 Å². The summed E-state index contributed by atoms with van der Waals surface area (Å²) in [6.45, 7) is 0. The lowest BCUT2D eigenvalue weighted by atomic mass is 10.6. The van der Waals surface area contributed by atoms with Gasteiger partial charge in [0.15, 0.2) is 0 Å². The Labute approximate surface area is 75.3 Å². The zero-order valence-corrected chi connectivity index (χ0v) is 7.57. The van der Waals surface area contributed by atoms with Crippen LogP contribution in [-0.2, 0) is 4.79 Å². The number of rotatable bonds is 1. The van der Waals surface area contributed by atoms with E-state index in [2.05, 4.69) is 41.6 Å². The molecular formula is C5H2BrN3OS. The van der Waals surface area contributed by atoms with Crippen LogP contribution in [0.5, 0.6) is 0 Å². The lowest BCUT2D eigenvalue weighted by molar-refractivity contribution is -0.111. The van der Waals surface area contributed by atoms with E-state index < -0.39 is 0 Å². The van der Waals surface area contributed by atoms with Gasteiger partial charge in [0, 0.05) is 33.4 Å². The van der Waals surface area contributed by atoms with E-state index in [1.807, 2.05) is 0 Å². The van der Waals surface area contributed by atoms with Gasteiger partial charge in [0.1, 0.15) is 5.00 Å². The molecule has 1 aromatic heterocycles. The highest BCUT2D eigenvalue weighted by Crippen LogP contribution is 2.07. The minimum atomic E-state index is -0.382. The van der Waals surface area contributed by atoms with Gasteiger partial charge in [-0.1, -0.05) is 4.49 Å². The lowest BCUT2D eigenvalue weighted by Gasteiger charge is -1.89. The third-order valence-electron chi connectivity index (χ3n) is 0.759. The second-order valence-corrected chi connectivity index (χ2v) is 2.64. The van der Waals surface area contributed by atoms with Crippen molar-refractivity contribution in [2.24, 2.45) is 0 Å². The summed E-state index contributed by atoms with van der Waals surface area (Å²) in [6.07, 6.45) is 1.46. The number of nitrogens with one attached hydrogen (secondary N) is 1. The molecular weight excluding hydrogens is 230 g/mol. The van der Waals surface area contributed by atoms with Gasteiger partial charge in [0.05, 0.1) is 6.20 Å². The first-order valence-electron chi connectivity index (χ1n) is 2.53. The van der Waals surface area contributed by atoms with Gasteiger partial charge in [-0.3, -0.25) is 4.79 Å². The number of carbonyl (C=O) groups is 1. The van der Waals surface area contributed by atoms with Gasteiger partial charge in [-0.05, 0) is 4.83 Å². The van der Waals surface area contributed by atoms with E-state index in [0.29, 0.717) is 5.00 Å². The number of carbonyl (C=O) groups excluding carboxylic acids is 1. The van der Waals surface area contributed by atoms with Crippen molar-refractivity contribution in [3.63, 3.8) is 0 Å². The maximum atomic E-state index is 10.7. The van der Waals surface area contributed by atoms with Crippen LogP contribution >= 0.6 is 27.5 Å². The minimum Gasteiger partial charge on any atom is -0.304 e. The van der Waals surface area contributed by atoms with E-state index in [4.69, 9.17) is 0 Å². The van der Waals surface area contributed by atoms with Crippen LogP contribution in [0.2, 0.25) is 0 Å². The molecule has 1 rings (SSSR count). The van der Waals surface area contributed by atoms with Crippen LogP contribution in [0.3, 0.4) is 0 Å². The summed E-state index contributed by atoms with van der Waals surface area (Å²) in [5, 5.41) is 6.59. The van der Waals surface area contributed by atoms with Gasteiger partial charge in [-0.15, -0.1) is 5.10 Å². The molecule has 0 atom stereocenters. The van der Waals surface area contributed by atoms with E-state index >= 15 is 0 Å². The van der Waals surface area contributed by atoms with Crippen molar-refractivity contribution in [2.75, 3.05) is 5.32 Å². The molecule has 0 spiro atoms. The molecule has 0 aromatic carbocycles. The molecule has 0 radical (unpaired) electrons. The fourth-order valence-electron chi connectivity index (χ4n) is 0.408. The van der Waals surface area contributed by atoms with Crippen LogP contribution in [0.4, 0.5) is 5.00 Å². The van der Waals surface area contributed by atoms with Crippen molar-refractivity contribution in [1.82, 2.24) is 9.59 Å². The number of amides is 1. The van der Waals surface area contributed by atoms with Crippen molar-refractivity contribution >= 4 is 38.4 Å². The predicted molar refractivity (Wildman–Crippen MR) is 45.2 cm³/mol. The largest absolute Gasteiger partial charge is 0.304 e. The van der Waals surface area contributed by atoms with Crippen LogP contribution in [0.25, 0.3) is 0 Å². The second-order valence-electron chi connectivity index (χ2n) is 1.46. The molecule has 0 aliphatic carbocycles. The average molecular weight is 232 g/mol. The van der Waals surface area contributed by atoms with Gasteiger partial charge in [-0.25, -0.2) is 0 Å². The normalized spacial score (nSPS) is 8.09. The Kier molecular flexibility index (Phi) is 3.01. The summed E-state index contributed by atoms with van der Waals surface area (Å²) in [7, 11) is 0. The molecule has 1 N–H and O–H groups in total. The second kappa shape index (κ2) is 4.05. The molecule has 0 unspecified atom stereocenters. The lowest BCUT2D eigenvalue weighted by Crippen LogP contribution is -2.06. The molecule has 0 aliphatic heterocycles. The maximum absolute atomic E-state index is 10.7. The summed E-state index contributed by atoms with van der Waals surface area (Å²) in [5.74, 6) is 1.87. The van der Waals surface area contributed by atoms with Gasteiger partial charge < -0.3 is 5.32 Å². The van der Waals surface area contributed by atoms with E-state index in [-0.39, 0.29) is 5.91 Å². The first-order chi connectivity index (χ1) is 5.33. The van der Waals surface area contributed by atoms with Crippen LogP contribution in [-0.4, -0.2) is 15.5 Å². The molecule has 0 saturated heterocycles. The third-order valence-corrected chi connectivity index (χ3v) is 1.54. The zero-order valence-electron chi connectivity index (χ0n) is 5.17. The Morgan fingerprint density at radius 3 is 3.18 bits per heavy atom. The van der Waals surface area contributed by atoms with Crippen molar-refractivity contribution in [1.29, 1.82) is 0 Å². The summed E-state index contributed by atoms with van der Waals surface area (Å²) in [6, 6.07) is 0. The number of aromatic nitrogens is 2. The van der Waals surface area contributed by atoms with Crippen LogP contribution < -0.4 is 5.32 Å². The minimum absolute atomic E-state index is 0.382. The first kappa shape index (κ1) is 8.17. The van der Waals surface area contributed by atoms with E-state index in [1.54, 1.807) is 0 Å². The van der Waals surface area contributed by atoms with E-state index in [1.165, 1.54) is 6.20 Å². The van der Waals surface area contributed by atoms with Gasteiger partial charge >= 0.3 is 5.91 Å². The standard InChI is InChI=1S/C5H2BrN3OS/c6-2-1-4(10)8-5-3-7-9-11-5/h3H,(H,8,10). The predicted octanol–water partition coefficient (Wildman–Crippen LogP) is 0.832. The fraction of sp³-hybridized carbons (Fsp3) is 0. The molecule has 1 aromatic rings. The van der Waals surface area contributed by atoms with Crippen molar-refractivity contribution < 1.29 is 4.79 Å². The number of hydrogen-bond donors (Lipinski definition) is 1. The van der Waals surface area contributed by atoms with Gasteiger partial charge in [0.2, 0.25) is 0 Å². The molecule has 1 heterocycles. The topological polar surface area (TPSA) is 54.9 Å². The van der Waals surface area contributed by atoms with Crippen LogP contribution in [0, 0.1) is 10.8 Å². The number of hydrogen-bond acceptors (Lipinski definition) is 4. The van der Waals surface area contributed by atoms with Gasteiger partial charge in [0.25, 0.3) is 0 Å². The van der Waals surface area contributed by atoms with Crippen LogP contribution in [0.15, 0.2) is 6.20 Å². The number of nitrogens with zero attached hydrogens (tertiary/aromatic N) is 2. The van der Waals surface area contributed by atoms with E-state index in [9.17, 15) is 4.79 Å². The molecule has 0 bridgehead atoms.